The van der Waals surface area contributed by atoms with Gasteiger partial charge in [0, 0.05) is 19.7 Å². The minimum atomic E-state index is -0.765. The van der Waals surface area contributed by atoms with E-state index in [0.717, 1.165) is 6.42 Å². The van der Waals surface area contributed by atoms with E-state index in [4.69, 9.17) is 9.84 Å². The highest BCUT2D eigenvalue weighted by Crippen LogP contribution is 2.09. The molecule has 0 aliphatic rings. The number of ether oxygens (including phenoxy) is 1. The van der Waals surface area contributed by atoms with Crippen molar-refractivity contribution in [2.45, 2.75) is 45.6 Å². The van der Waals surface area contributed by atoms with Gasteiger partial charge in [0.15, 0.2) is 0 Å². The smallest absolute Gasteiger partial charge is 0.317 e. The molecule has 0 bridgehead atoms. The molecule has 16 heavy (non-hydrogen) atoms. The SMILES string of the molecule is CCCCCC(C)N(CCOC)CC(=O)O. The van der Waals surface area contributed by atoms with E-state index < -0.39 is 5.97 Å². The fourth-order valence-electron chi connectivity index (χ4n) is 1.71. The molecule has 4 nitrogen and oxygen atoms in total. The summed E-state index contributed by atoms with van der Waals surface area (Å²) in [5, 5.41) is 8.82. The van der Waals surface area contributed by atoms with Gasteiger partial charge in [-0.1, -0.05) is 26.2 Å². The maximum Gasteiger partial charge on any atom is 0.317 e. The topological polar surface area (TPSA) is 49.8 Å². The lowest BCUT2D eigenvalue weighted by molar-refractivity contribution is -0.139. The second-order valence-corrected chi connectivity index (χ2v) is 4.20. The molecule has 0 amide bonds. The van der Waals surface area contributed by atoms with Gasteiger partial charge in [0.1, 0.15) is 0 Å². The van der Waals surface area contributed by atoms with Crippen LogP contribution in [0.1, 0.15) is 39.5 Å². The van der Waals surface area contributed by atoms with E-state index in [1.165, 1.54) is 19.3 Å². The number of nitrogens with zero attached hydrogens (tertiary/aromatic N) is 1. The van der Waals surface area contributed by atoms with Gasteiger partial charge in [0.25, 0.3) is 0 Å². The van der Waals surface area contributed by atoms with Crippen LogP contribution in [-0.2, 0) is 9.53 Å². The number of carboxylic acids is 1. The molecule has 1 N–H and O–H groups in total. The van der Waals surface area contributed by atoms with Crippen molar-refractivity contribution in [3.63, 3.8) is 0 Å². The van der Waals surface area contributed by atoms with Gasteiger partial charge in [-0.05, 0) is 13.3 Å². The Morgan fingerprint density at radius 3 is 2.62 bits per heavy atom. The van der Waals surface area contributed by atoms with E-state index in [1.807, 2.05) is 4.90 Å². The van der Waals surface area contributed by atoms with Crippen molar-refractivity contribution in [3.05, 3.63) is 0 Å². The quantitative estimate of drug-likeness (QED) is 0.584. The predicted molar refractivity (Wildman–Crippen MR) is 64.7 cm³/mol. The van der Waals surface area contributed by atoms with Crippen LogP contribution in [0.2, 0.25) is 0 Å². The van der Waals surface area contributed by atoms with Crippen LogP contribution in [0.4, 0.5) is 0 Å². The molecule has 0 aromatic rings. The average molecular weight is 231 g/mol. The molecule has 0 aliphatic heterocycles. The standard InChI is InChI=1S/C12H25NO3/c1-4-5-6-7-11(2)13(8-9-16-3)10-12(14)15/h11H,4-10H2,1-3H3,(H,14,15). The van der Waals surface area contributed by atoms with Crippen LogP contribution in [0.3, 0.4) is 0 Å². The zero-order chi connectivity index (χ0) is 12.4. The van der Waals surface area contributed by atoms with Gasteiger partial charge >= 0.3 is 5.97 Å². The molecule has 0 radical (unpaired) electrons. The lowest BCUT2D eigenvalue weighted by Crippen LogP contribution is -2.39. The van der Waals surface area contributed by atoms with E-state index in [1.54, 1.807) is 7.11 Å². The lowest BCUT2D eigenvalue weighted by atomic mass is 10.1. The summed E-state index contributed by atoms with van der Waals surface area (Å²) < 4.78 is 5.00. The third-order valence-corrected chi connectivity index (χ3v) is 2.77. The minimum absolute atomic E-state index is 0.108. The maximum absolute atomic E-state index is 10.7. The van der Waals surface area contributed by atoms with E-state index in [9.17, 15) is 4.79 Å². The number of rotatable bonds is 10. The molecule has 0 aromatic carbocycles. The molecule has 0 aromatic heterocycles. The maximum atomic E-state index is 10.7. The van der Waals surface area contributed by atoms with E-state index in [-0.39, 0.29) is 6.54 Å². The van der Waals surface area contributed by atoms with E-state index in [0.29, 0.717) is 19.2 Å². The summed E-state index contributed by atoms with van der Waals surface area (Å²) in [4.78, 5) is 12.7. The van der Waals surface area contributed by atoms with Crippen molar-refractivity contribution < 1.29 is 14.6 Å². The molecule has 96 valence electrons. The van der Waals surface area contributed by atoms with Crippen LogP contribution < -0.4 is 0 Å². The molecule has 1 unspecified atom stereocenters. The molecule has 0 saturated carbocycles. The highest BCUT2D eigenvalue weighted by molar-refractivity contribution is 5.69. The number of hydrogen-bond acceptors (Lipinski definition) is 3. The number of methoxy groups -OCH3 is 1. The average Bonchev–Trinajstić information content (AvgIpc) is 2.23. The first kappa shape index (κ1) is 15.4. The highest BCUT2D eigenvalue weighted by Gasteiger charge is 2.15. The van der Waals surface area contributed by atoms with Crippen LogP contribution in [0.5, 0.6) is 0 Å². The second-order valence-electron chi connectivity index (χ2n) is 4.20. The molecule has 1 atom stereocenters. The van der Waals surface area contributed by atoms with Crippen molar-refractivity contribution >= 4 is 5.97 Å². The Morgan fingerprint density at radius 1 is 1.44 bits per heavy atom. The van der Waals surface area contributed by atoms with E-state index >= 15 is 0 Å². The van der Waals surface area contributed by atoms with Gasteiger partial charge in [-0.3, -0.25) is 9.69 Å². The van der Waals surface area contributed by atoms with Gasteiger partial charge in [-0.2, -0.15) is 0 Å². The molecule has 0 heterocycles. The summed E-state index contributed by atoms with van der Waals surface area (Å²) in [5.74, 6) is -0.765. The Labute approximate surface area is 98.6 Å². The Balaban J connectivity index is 3.98. The first-order valence-corrected chi connectivity index (χ1v) is 6.06. The summed E-state index contributed by atoms with van der Waals surface area (Å²) in [7, 11) is 1.64. The van der Waals surface area contributed by atoms with E-state index in [2.05, 4.69) is 13.8 Å². The van der Waals surface area contributed by atoms with Crippen molar-refractivity contribution in [2.75, 3.05) is 26.8 Å². The fraction of sp³-hybridized carbons (Fsp3) is 0.917. The van der Waals surface area contributed by atoms with Gasteiger partial charge < -0.3 is 9.84 Å². The Bertz CT molecular complexity index is 185. The fourth-order valence-corrected chi connectivity index (χ4v) is 1.71. The van der Waals surface area contributed by atoms with Gasteiger partial charge in [-0.15, -0.1) is 0 Å². The lowest BCUT2D eigenvalue weighted by Gasteiger charge is -2.27. The third-order valence-electron chi connectivity index (χ3n) is 2.77. The predicted octanol–water partition coefficient (Wildman–Crippen LogP) is 1.99. The van der Waals surface area contributed by atoms with Crippen molar-refractivity contribution in [3.8, 4) is 0 Å². The van der Waals surface area contributed by atoms with Gasteiger partial charge in [-0.25, -0.2) is 0 Å². The monoisotopic (exact) mass is 231 g/mol. The van der Waals surface area contributed by atoms with Crippen LogP contribution in [-0.4, -0.2) is 48.8 Å². The number of carbonyl (C=O) groups is 1. The molecular weight excluding hydrogens is 206 g/mol. The van der Waals surface area contributed by atoms with Gasteiger partial charge in [0.2, 0.25) is 0 Å². The first-order valence-electron chi connectivity index (χ1n) is 6.06. The van der Waals surface area contributed by atoms with Crippen LogP contribution in [0.15, 0.2) is 0 Å². The molecule has 0 rings (SSSR count). The second kappa shape index (κ2) is 9.60. The van der Waals surface area contributed by atoms with Crippen molar-refractivity contribution in [2.24, 2.45) is 0 Å². The van der Waals surface area contributed by atoms with Crippen LogP contribution >= 0.6 is 0 Å². The molecule has 4 heteroatoms. The van der Waals surface area contributed by atoms with Crippen LogP contribution in [0, 0.1) is 0 Å². The van der Waals surface area contributed by atoms with Crippen LogP contribution in [0.25, 0.3) is 0 Å². The minimum Gasteiger partial charge on any atom is -0.480 e. The summed E-state index contributed by atoms with van der Waals surface area (Å²) in [6, 6.07) is 0.317. The molecule has 0 spiro atoms. The Morgan fingerprint density at radius 2 is 2.12 bits per heavy atom. The number of carboxylic acid groups (broad SMARTS) is 1. The molecule has 0 fully saturated rings. The summed E-state index contributed by atoms with van der Waals surface area (Å²) in [6.07, 6.45) is 4.64. The summed E-state index contributed by atoms with van der Waals surface area (Å²) in [5.41, 5.74) is 0. The highest BCUT2D eigenvalue weighted by atomic mass is 16.5. The van der Waals surface area contributed by atoms with Crippen molar-refractivity contribution in [1.29, 1.82) is 0 Å². The first-order chi connectivity index (χ1) is 7.61. The van der Waals surface area contributed by atoms with Gasteiger partial charge in [0.05, 0.1) is 13.2 Å². The summed E-state index contributed by atoms with van der Waals surface area (Å²) >= 11 is 0. The number of unbranched alkanes of at least 4 members (excludes halogenated alkanes) is 2. The largest absolute Gasteiger partial charge is 0.480 e. The Hall–Kier alpha value is -0.610. The molecular formula is C12H25NO3. The number of aliphatic carboxylic acids is 1. The third kappa shape index (κ3) is 7.65. The molecule has 0 aliphatic carbocycles. The zero-order valence-electron chi connectivity index (χ0n) is 10.7. The zero-order valence-corrected chi connectivity index (χ0v) is 10.7. The molecule has 0 saturated heterocycles. The summed E-state index contributed by atoms with van der Waals surface area (Å²) in [6.45, 7) is 5.65. The Kier molecular flexibility index (Phi) is 9.24. The van der Waals surface area contributed by atoms with Crippen molar-refractivity contribution in [1.82, 2.24) is 4.90 Å². The normalized spacial score (nSPS) is 13.0. The number of hydrogen-bond donors (Lipinski definition) is 1.